The van der Waals surface area contributed by atoms with Crippen LogP contribution in [0.5, 0.6) is 0 Å². The molecule has 0 aliphatic heterocycles. The number of aromatic amines is 1. The largest absolute Gasteiger partial charge is 0.357 e. The molecule has 0 unspecified atom stereocenters. The molecule has 1 heterocycles. The summed E-state index contributed by atoms with van der Waals surface area (Å²) in [6.07, 6.45) is 7.92. The van der Waals surface area contributed by atoms with Crippen molar-refractivity contribution < 1.29 is 8.78 Å². The minimum atomic E-state index is -0.378. The van der Waals surface area contributed by atoms with E-state index in [1.54, 1.807) is 30.4 Å². The molecule has 27 heavy (non-hydrogen) atoms. The lowest BCUT2D eigenvalue weighted by molar-refractivity contribution is 0.627. The van der Waals surface area contributed by atoms with Gasteiger partial charge in [0.15, 0.2) is 0 Å². The van der Waals surface area contributed by atoms with Gasteiger partial charge in [0.1, 0.15) is 11.6 Å². The number of fused-ring (bicyclic) bond motifs is 1. The monoisotopic (exact) mass is 365 g/mol. The summed E-state index contributed by atoms with van der Waals surface area (Å²) in [5, 5.41) is 10.9. The van der Waals surface area contributed by atoms with Crippen molar-refractivity contribution in [2.45, 2.75) is 19.3 Å². The SMILES string of the molecule is C=CCCCC(=C)Nc1cc2c(/C=C/c3cccc(F)c3)n[nH]c2cc1F. The van der Waals surface area contributed by atoms with Crippen LogP contribution in [0.25, 0.3) is 23.1 Å². The lowest BCUT2D eigenvalue weighted by Gasteiger charge is -2.10. The fourth-order valence-corrected chi connectivity index (χ4v) is 2.78. The van der Waals surface area contributed by atoms with Crippen LogP contribution in [-0.4, -0.2) is 10.2 Å². The van der Waals surface area contributed by atoms with E-state index in [1.165, 1.54) is 18.2 Å². The first kappa shape index (κ1) is 18.6. The van der Waals surface area contributed by atoms with Gasteiger partial charge in [0, 0.05) is 17.1 Å². The average Bonchev–Trinajstić information content (AvgIpc) is 3.02. The number of aromatic nitrogens is 2. The quantitative estimate of drug-likeness (QED) is 0.364. The van der Waals surface area contributed by atoms with Gasteiger partial charge in [0.05, 0.1) is 16.9 Å². The van der Waals surface area contributed by atoms with Crippen molar-refractivity contribution in [2.24, 2.45) is 0 Å². The minimum Gasteiger partial charge on any atom is -0.357 e. The summed E-state index contributed by atoms with van der Waals surface area (Å²) >= 11 is 0. The van der Waals surface area contributed by atoms with E-state index in [4.69, 9.17) is 0 Å². The highest BCUT2D eigenvalue weighted by Crippen LogP contribution is 2.26. The van der Waals surface area contributed by atoms with Crippen LogP contribution in [-0.2, 0) is 0 Å². The molecule has 3 aromatic rings. The van der Waals surface area contributed by atoms with Crippen LogP contribution in [0.3, 0.4) is 0 Å². The smallest absolute Gasteiger partial charge is 0.148 e. The second kappa shape index (κ2) is 8.45. The molecule has 1 aromatic heterocycles. The van der Waals surface area contributed by atoms with Crippen LogP contribution in [0.1, 0.15) is 30.5 Å². The van der Waals surface area contributed by atoms with Crippen LogP contribution in [0.15, 0.2) is 61.3 Å². The Morgan fingerprint density at radius 2 is 2.04 bits per heavy atom. The van der Waals surface area contributed by atoms with E-state index in [0.29, 0.717) is 16.9 Å². The molecule has 2 aromatic carbocycles. The van der Waals surface area contributed by atoms with E-state index >= 15 is 0 Å². The zero-order valence-electron chi connectivity index (χ0n) is 14.9. The summed E-state index contributed by atoms with van der Waals surface area (Å²) < 4.78 is 27.6. The first-order valence-electron chi connectivity index (χ1n) is 8.74. The lowest BCUT2D eigenvalue weighted by Crippen LogP contribution is -2.00. The zero-order chi connectivity index (χ0) is 19.2. The number of anilines is 1. The summed E-state index contributed by atoms with van der Waals surface area (Å²) in [5.74, 6) is -0.677. The maximum absolute atomic E-state index is 14.3. The first-order valence-corrected chi connectivity index (χ1v) is 8.74. The van der Waals surface area contributed by atoms with E-state index in [1.807, 2.05) is 6.08 Å². The first-order chi connectivity index (χ1) is 13.1. The van der Waals surface area contributed by atoms with Gasteiger partial charge in [-0.2, -0.15) is 5.10 Å². The van der Waals surface area contributed by atoms with Gasteiger partial charge >= 0.3 is 0 Å². The van der Waals surface area contributed by atoms with Crippen LogP contribution in [0, 0.1) is 11.6 Å². The van der Waals surface area contributed by atoms with E-state index in [-0.39, 0.29) is 11.6 Å². The minimum absolute atomic E-state index is 0.299. The molecule has 0 aliphatic carbocycles. The summed E-state index contributed by atoms with van der Waals surface area (Å²) in [5.41, 5.74) is 3.06. The Morgan fingerprint density at radius 3 is 2.81 bits per heavy atom. The predicted molar refractivity (Wildman–Crippen MR) is 108 cm³/mol. The van der Waals surface area contributed by atoms with Crippen molar-refractivity contribution in [1.29, 1.82) is 0 Å². The maximum atomic E-state index is 14.3. The molecule has 0 atom stereocenters. The van der Waals surface area contributed by atoms with Gasteiger partial charge < -0.3 is 5.32 Å². The molecule has 0 spiro atoms. The van der Waals surface area contributed by atoms with Gasteiger partial charge in [-0.05, 0) is 49.1 Å². The summed E-state index contributed by atoms with van der Waals surface area (Å²) in [7, 11) is 0. The molecule has 138 valence electrons. The molecule has 5 heteroatoms. The average molecular weight is 365 g/mol. The third-order valence-electron chi connectivity index (χ3n) is 4.16. The molecule has 0 fully saturated rings. The summed E-state index contributed by atoms with van der Waals surface area (Å²) in [6, 6.07) is 9.38. The molecule has 0 radical (unpaired) electrons. The maximum Gasteiger partial charge on any atom is 0.148 e. The standard InChI is InChI=1S/C22H21F2N3/c1-3-4-5-7-15(2)25-22-13-18-20(26-27-21(18)14-19(22)24)11-10-16-8-6-9-17(23)12-16/h3,6,8-14,25H,1-2,4-5,7H2,(H,26,27)/b11-10+. The van der Waals surface area contributed by atoms with Crippen LogP contribution >= 0.6 is 0 Å². The Morgan fingerprint density at radius 1 is 1.19 bits per heavy atom. The molecule has 3 rings (SSSR count). The molecule has 2 N–H and O–H groups in total. The normalized spacial score (nSPS) is 11.2. The fraction of sp³-hybridized carbons (Fsp3) is 0.136. The number of hydrogen-bond donors (Lipinski definition) is 2. The lowest BCUT2D eigenvalue weighted by atomic mass is 10.1. The number of hydrogen-bond acceptors (Lipinski definition) is 2. The van der Waals surface area contributed by atoms with Crippen LogP contribution < -0.4 is 5.32 Å². The highest BCUT2D eigenvalue weighted by molar-refractivity contribution is 5.91. The Labute approximate surface area is 157 Å². The number of benzene rings is 2. The second-order valence-corrected chi connectivity index (χ2v) is 6.28. The number of nitrogens with one attached hydrogen (secondary N) is 2. The van der Waals surface area contributed by atoms with Gasteiger partial charge in [0.25, 0.3) is 0 Å². The molecular formula is C22H21F2N3. The number of allylic oxidation sites excluding steroid dienone is 2. The number of rotatable bonds is 8. The van der Waals surface area contributed by atoms with Crippen molar-refractivity contribution in [3.63, 3.8) is 0 Å². The molecule has 3 nitrogen and oxygen atoms in total. The molecule has 0 saturated heterocycles. The van der Waals surface area contributed by atoms with Crippen molar-refractivity contribution in [3.8, 4) is 0 Å². The highest BCUT2D eigenvalue weighted by Gasteiger charge is 2.10. The number of nitrogens with zero attached hydrogens (tertiary/aromatic N) is 1. The van der Waals surface area contributed by atoms with Gasteiger partial charge in [-0.3, -0.25) is 5.10 Å². The molecule has 0 bridgehead atoms. The van der Waals surface area contributed by atoms with Crippen LogP contribution in [0.4, 0.5) is 14.5 Å². The van der Waals surface area contributed by atoms with Gasteiger partial charge in [-0.15, -0.1) is 6.58 Å². The summed E-state index contributed by atoms with van der Waals surface area (Å²) in [6.45, 7) is 7.64. The topological polar surface area (TPSA) is 40.7 Å². The van der Waals surface area contributed by atoms with Gasteiger partial charge in [0.2, 0.25) is 0 Å². The fourth-order valence-electron chi connectivity index (χ4n) is 2.78. The van der Waals surface area contributed by atoms with Crippen molar-refractivity contribution in [1.82, 2.24) is 10.2 Å². The van der Waals surface area contributed by atoms with E-state index < -0.39 is 0 Å². The Kier molecular flexibility index (Phi) is 5.81. The van der Waals surface area contributed by atoms with Crippen molar-refractivity contribution in [2.75, 3.05) is 5.32 Å². The molecule has 0 aliphatic rings. The third-order valence-corrected chi connectivity index (χ3v) is 4.16. The Bertz CT molecular complexity index is 1000. The van der Waals surface area contributed by atoms with E-state index in [0.717, 1.165) is 35.9 Å². The molecule has 0 saturated carbocycles. The second-order valence-electron chi connectivity index (χ2n) is 6.28. The Hall–Kier alpha value is -3.21. The summed E-state index contributed by atoms with van der Waals surface area (Å²) in [4.78, 5) is 0. The van der Waals surface area contributed by atoms with Crippen molar-refractivity contribution in [3.05, 3.63) is 84.2 Å². The zero-order valence-corrected chi connectivity index (χ0v) is 14.9. The van der Waals surface area contributed by atoms with Crippen LogP contribution in [0.2, 0.25) is 0 Å². The predicted octanol–water partition coefficient (Wildman–Crippen LogP) is 6.29. The number of unbranched alkanes of at least 4 members (excludes halogenated alkanes) is 1. The van der Waals surface area contributed by atoms with Crippen molar-refractivity contribution >= 4 is 28.7 Å². The number of halogens is 2. The Balaban J connectivity index is 1.83. The van der Waals surface area contributed by atoms with E-state index in [2.05, 4.69) is 28.7 Å². The van der Waals surface area contributed by atoms with Gasteiger partial charge in [-0.1, -0.05) is 30.9 Å². The molecule has 0 amide bonds. The molecular weight excluding hydrogens is 344 g/mol. The number of H-pyrrole nitrogens is 1. The highest BCUT2D eigenvalue weighted by atomic mass is 19.1. The van der Waals surface area contributed by atoms with E-state index in [9.17, 15) is 8.78 Å². The third kappa shape index (κ3) is 4.70. The van der Waals surface area contributed by atoms with Gasteiger partial charge in [-0.25, -0.2) is 8.78 Å².